The van der Waals surface area contributed by atoms with E-state index in [1.54, 1.807) is 18.2 Å². The van der Waals surface area contributed by atoms with Crippen molar-refractivity contribution in [2.45, 2.75) is 6.92 Å². The van der Waals surface area contributed by atoms with Crippen LogP contribution in [0, 0.1) is 12.7 Å². The van der Waals surface area contributed by atoms with Crippen LogP contribution in [0.25, 0.3) is 11.1 Å². The number of anilines is 2. The van der Waals surface area contributed by atoms with E-state index in [0.717, 1.165) is 22.9 Å². The largest absolute Gasteiger partial charge is 0.506 e. The summed E-state index contributed by atoms with van der Waals surface area (Å²) in [5, 5.41) is 24.4. The first-order chi connectivity index (χ1) is 16.9. The molecule has 2 heterocycles. The van der Waals surface area contributed by atoms with Crippen molar-refractivity contribution in [1.29, 1.82) is 0 Å². The standard InChI is InChI=1S/C24H25Cl2FN6O2/c1-15-3-2-4-18(25)21(15)16-11-17(22(35)19(26)12-16)13-29-31-24-28-14-20(27)23(30-24)33-7-5-32(6-8-33)9-10-34/h2-4,11-14,34-35H,5-10H2,1H3,(H,28,30,31)/b29-13+. The number of rotatable bonds is 7. The van der Waals surface area contributed by atoms with Gasteiger partial charge in [0.1, 0.15) is 5.75 Å². The van der Waals surface area contributed by atoms with Crippen LogP contribution in [-0.4, -0.2) is 70.6 Å². The molecule has 4 rings (SSSR count). The number of aliphatic hydroxyl groups is 1. The van der Waals surface area contributed by atoms with E-state index in [-0.39, 0.29) is 29.1 Å². The Morgan fingerprint density at radius 2 is 1.94 bits per heavy atom. The monoisotopic (exact) mass is 518 g/mol. The molecule has 0 radical (unpaired) electrons. The number of hydrogen-bond donors (Lipinski definition) is 3. The highest BCUT2D eigenvalue weighted by Gasteiger charge is 2.21. The Bertz CT molecular complexity index is 1210. The zero-order valence-electron chi connectivity index (χ0n) is 19.0. The van der Waals surface area contributed by atoms with Gasteiger partial charge in [0.15, 0.2) is 11.6 Å². The average molecular weight is 519 g/mol. The number of benzene rings is 2. The second-order valence-electron chi connectivity index (χ2n) is 8.12. The maximum Gasteiger partial charge on any atom is 0.245 e. The molecule has 1 saturated heterocycles. The Morgan fingerprint density at radius 1 is 1.17 bits per heavy atom. The molecule has 3 aromatic rings. The highest BCUT2D eigenvalue weighted by Crippen LogP contribution is 2.37. The lowest BCUT2D eigenvalue weighted by molar-refractivity contribution is 0.188. The maximum atomic E-state index is 14.4. The number of nitrogens with one attached hydrogen (secondary N) is 1. The molecule has 1 aliphatic rings. The van der Waals surface area contributed by atoms with Crippen LogP contribution in [-0.2, 0) is 0 Å². The molecule has 0 aliphatic carbocycles. The number of aromatic nitrogens is 2. The molecule has 8 nitrogen and oxygen atoms in total. The molecule has 0 atom stereocenters. The molecule has 0 unspecified atom stereocenters. The summed E-state index contributed by atoms with van der Waals surface area (Å²) in [6, 6.07) is 8.96. The predicted molar refractivity (Wildman–Crippen MR) is 137 cm³/mol. The number of aliphatic hydroxyl groups excluding tert-OH is 1. The normalized spacial score (nSPS) is 14.6. The van der Waals surface area contributed by atoms with E-state index in [9.17, 15) is 9.50 Å². The summed E-state index contributed by atoms with van der Waals surface area (Å²) < 4.78 is 14.4. The summed E-state index contributed by atoms with van der Waals surface area (Å²) in [6.45, 7) is 5.19. The molecule has 3 N–H and O–H groups in total. The summed E-state index contributed by atoms with van der Waals surface area (Å²) in [7, 11) is 0. The van der Waals surface area contributed by atoms with Crippen molar-refractivity contribution in [2.24, 2.45) is 5.10 Å². The molecule has 1 aromatic heterocycles. The van der Waals surface area contributed by atoms with E-state index in [1.165, 1.54) is 6.21 Å². The molecule has 0 amide bonds. The number of aryl methyl sites for hydroxylation is 1. The molecule has 1 fully saturated rings. The number of hydrazone groups is 1. The summed E-state index contributed by atoms with van der Waals surface area (Å²) in [6.07, 6.45) is 2.48. The van der Waals surface area contributed by atoms with Crippen molar-refractivity contribution in [3.05, 3.63) is 63.5 Å². The van der Waals surface area contributed by atoms with Crippen molar-refractivity contribution in [3.8, 4) is 16.9 Å². The van der Waals surface area contributed by atoms with Crippen molar-refractivity contribution >= 4 is 41.2 Å². The van der Waals surface area contributed by atoms with Crippen LogP contribution in [0.15, 0.2) is 41.6 Å². The Hall–Kier alpha value is -2.98. The van der Waals surface area contributed by atoms with Gasteiger partial charge in [-0.3, -0.25) is 4.90 Å². The minimum Gasteiger partial charge on any atom is -0.506 e. The van der Waals surface area contributed by atoms with E-state index in [2.05, 4.69) is 25.4 Å². The van der Waals surface area contributed by atoms with Crippen molar-refractivity contribution < 1.29 is 14.6 Å². The third-order valence-corrected chi connectivity index (χ3v) is 6.39. The quantitative estimate of drug-likeness (QED) is 0.319. The molecule has 35 heavy (non-hydrogen) atoms. The molecule has 184 valence electrons. The van der Waals surface area contributed by atoms with Gasteiger partial charge < -0.3 is 15.1 Å². The fraction of sp³-hybridized carbons (Fsp3) is 0.292. The van der Waals surface area contributed by atoms with Crippen LogP contribution in [0.5, 0.6) is 5.75 Å². The number of β-amino-alcohol motifs (C(OH)–C–C–N with tert-alkyl or cyclic N) is 1. The minimum atomic E-state index is -0.526. The third-order valence-electron chi connectivity index (χ3n) is 5.79. The van der Waals surface area contributed by atoms with Gasteiger partial charge in [-0.1, -0.05) is 35.3 Å². The number of hydrogen-bond acceptors (Lipinski definition) is 8. The van der Waals surface area contributed by atoms with E-state index >= 15 is 0 Å². The number of piperazine rings is 1. The first-order valence-corrected chi connectivity index (χ1v) is 11.8. The molecule has 2 aromatic carbocycles. The maximum absolute atomic E-state index is 14.4. The molecular formula is C24H25Cl2FN6O2. The summed E-state index contributed by atoms with van der Waals surface area (Å²) >= 11 is 12.7. The van der Waals surface area contributed by atoms with Gasteiger partial charge in [0.05, 0.1) is 24.0 Å². The molecule has 0 bridgehead atoms. The van der Waals surface area contributed by atoms with Gasteiger partial charge in [0.25, 0.3) is 0 Å². The average Bonchev–Trinajstić information content (AvgIpc) is 2.84. The lowest BCUT2D eigenvalue weighted by Gasteiger charge is -2.35. The van der Waals surface area contributed by atoms with Gasteiger partial charge in [0, 0.05) is 48.9 Å². The first-order valence-electron chi connectivity index (χ1n) is 11.0. The second-order valence-corrected chi connectivity index (χ2v) is 8.93. The van der Waals surface area contributed by atoms with E-state index < -0.39 is 5.82 Å². The summed E-state index contributed by atoms with van der Waals surface area (Å²) in [4.78, 5) is 12.2. The minimum absolute atomic E-state index is 0.0929. The number of halogens is 3. The van der Waals surface area contributed by atoms with E-state index in [4.69, 9.17) is 28.3 Å². The van der Waals surface area contributed by atoms with Crippen LogP contribution in [0.2, 0.25) is 10.0 Å². The van der Waals surface area contributed by atoms with Gasteiger partial charge >= 0.3 is 0 Å². The number of phenolic OH excluding ortho intramolecular Hbond substituents is 1. The number of nitrogens with zero attached hydrogens (tertiary/aromatic N) is 5. The van der Waals surface area contributed by atoms with Crippen molar-refractivity contribution in [2.75, 3.05) is 49.7 Å². The van der Waals surface area contributed by atoms with Crippen molar-refractivity contribution in [3.63, 3.8) is 0 Å². The Labute approximate surface area is 212 Å². The smallest absolute Gasteiger partial charge is 0.245 e. The fourth-order valence-corrected chi connectivity index (χ4v) is 4.54. The number of aromatic hydroxyl groups is 1. The lowest BCUT2D eigenvalue weighted by atomic mass is 9.98. The summed E-state index contributed by atoms with van der Waals surface area (Å²) in [5.74, 6) is -0.364. The second kappa shape index (κ2) is 11.2. The molecule has 0 spiro atoms. The lowest BCUT2D eigenvalue weighted by Crippen LogP contribution is -2.47. The van der Waals surface area contributed by atoms with Crippen LogP contribution in [0.3, 0.4) is 0 Å². The SMILES string of the molecule is Cc1cccc(Cl)c1-c1cc(Cl)c(O)c(/C=N/Nc2ncc(F)c(N3CCN(CCO)CC3)n2)c1. The zero-order valence-corrected chi connectivity index (χ0v) is 20.6. The van der Waals surface area contributed by atoms with Gasteiger partial charge in [-0.25, -0.2) is 14.8 Å². The van der Waals surface area contributed by atoms with E-state index in [1.807, 2.05) is 24.0 Å². The molecular weight excluding hydrogens is 494 g/mol. The first kappa shape index (κ1) is 25.1. The van der Waals surface area contributed by atoms with Crippen LogP contribution in [0.4, 0.5) is 16.2 Å². The van der Waals surface area contributed by atoms with Crippen LogP contribution < -0.4 is 10.3 Å². The van der Waals surface area contributed by atoms with Gasteiger partial charge in [0.2, 0.25) is 5.95 Å². The Morgan fingerprint density at radius 3 is 2.66 bits per heavy atom. The predicted octanol–water partition coefficient (Wildman–Crippen LogP) is 4.16. The van der Waals surface area contributed by atoms with Crippen LogP contribution in [0.1, 0.15) is 11.1 Å². The van der Waals surface area contributed by atoms with E-state index in [0.29, 0.717) is 43.3 Å². The van der Waals surface area contributed by atoms with Gasteiger partial charge in [-0.05, 0) is 36.2 Å². The zero-order chi connectivity index (χ0) is 24.9. The van der Waals surface area contributed by atoms with Gasteiger partial charge in [-0.2, -0.15) is 10.1 Å². The molecule has 11 heteroatoms. The highest BCUT2D eigenvalue weighted by molar-refractivity contribution is 6.34. The summed E-state index contributed by atoms with van der Waals surface area (Å²) in [5.41, 5.74) is 5.56. The third kappa shape index (κ3) is 5.82. The van der Waals surface area contributed by atoms with Gasteiger partial charge in [-0.15, -0.1) is 0 Å². The molecule has 1 aliphatic heterocycles. The topological polar surface area (TPSA) is 97.1 Å². The molecule has 0 saturated carbocycles. The Balaban J connectivity index is 1.52. The number of phenols is 1. The van der Waals surface area contributed by atoms with Crippen LogP contribution >= 0.6 is 23.2 Å². The highest BCUT2D eigenvalue weighted by atomic mass is 35.5. The van der Waals surface area contributed by atoms with Crippen molar-refractivity contribution in [1.82, 2.24) is 14.9 Å². The fourth-order valence-electron chi connectivity index (χ4n) is 3.98. The Kier molecular flexibility index (Phi) is 8.02.